The Morgan fingerprint density at radius 2 is 1.79 bits per heavy atom. The monoisotopic (exact) mass is 403 g/mol. The second-order valence-corrected chi connectivity index (χ2v) is 7.42. The van der Waals surface area contributed by atoms with Gasteiger partial charge in [-0.1, -0.05) is 17.7 Å². The summed E-state index contributed by atoms with van der Waals surface area (Å²) in [7, 11) is 1.86. The highest BCUT2D eigenvalue weighted by Crippen LogP contribution is 2.13. The molecule has 1 aromatic carbocycles. The van der Waals surface area contributed by atoms with E-state index in [0.717, 1.165) is 23.8 Å². The van der Waals surface area contributed by atoms with Gasteiger partial charge in [0, 0.05) is 16.8 Å². The molecule has 28 heavy (non-hydrogen) atoms. The Morgan fingerprint density at radius 3 is 2.43 bits per heavy atom. The van der Waals surface area contributed by atoms with Crippen LogP contribution in [0.5, 0.6) is 0 Å². The Balaban J connectivity index is 1.41. The van der Waals surface area contributed by atoms with Crippen molar-refractivity contribution in [2.75, 3.05) is 56.5 Å². The van der Waals surface area contributed by atoms with E-state index >= 15 is 0 Å². The van der Waals surface area contributed by atoms with Crippen LogP contribution in [-0.2, 0) is 9.59 Å². The minimum Gasteiger partial charge on any atom is -0.330 e. The number of likely N-dealkylation sites (N-methyl/N-ethyl adjacent to an activating group) is 1. The first-order valence-corrected chi connectivity index (χ1v) is 9.75. The smallest absolute Gasteiger partial charge is 0.279 e. The van der Waals surface area contributed by atoms with E-state index in [1.54, 1.807) is 24.3 Å². The van der Waals surface area contributed by atoms with Gasteiger partial charge in [0.05, 0.1) is 26.3 Å². The van der Waals surface area contributed by atoms with Gasteiger partial charge in [0.2, 0.25) is 0 Å². The predicted molar refractivity (Wildman–Crippen MR) is 108 cm³/mol. The van der Waals surface area contributed by atoms with Gasteiger partial charge in [-0.05, 0) is 30.3 Å². The Bertz CT molecular complexity index is 792. The molecule has 0 saturated carbocycles. The zero-order chi connectivity index (χ0) is 19.9. The maximum atomic E-state index is 12.6. The zero-order valence-corrected chi connectivity index (χ0v) is 16.7. The van der Waals surface area contributed by atoms with Crippen molar-refractivity contribution in [2.24, 2.45) is 0 Å². The fraction of sp³-hybridized carbons (Fsp3) is 0.350. The molecule has 0 spiro atoms. The molecule has 1 aliphatic heterocycles. The number of amides is 2. The molecule has 1 unspecified atom stereocenters. The maximum Gasteiger partial charge on any atom is 0.279 e. The number of nitrogens with one attached hydrogen (secondary N) is 3. The number of rotatable bonds is 6. The van der Waals surface area contributed by atoms with Crippen molar-refractivity contribution in [3.05, 3.63) is 53.7 Å². The summed E-state index contributed by atoms with van der Waals surface area (Å²) in [6.45, 7) is 3.49. The van der Waals surface area contributed by atoms with E-state index < -0.39 is 0 Å². The van der Waals surface area contributed by atoms with E-state index in [-0.39, 0.29) is 18.4 Å². The van der Waals surface area contributed by atoms with E-state index in [0.29, 0.717) is 30.3 Å². The topological polar surface area (TPSA) is 71.2 Å². The third-order valence-electron chi connectivity index (χ3n) is 4.71. The third-order valence-corrected chi connectivity index (χ3v) is 4.96. The molecule has 148 valence electrons. The molecule has 3 N–H and O–H groups in total. The lowest BCUT2D eigenvalue weighted by molar-refractivity contribution is -0.862. The van der Waals surface area contributed by atoms with Crippen molar-refractivity contribution in [3.8, 4) is 0 Å². The molecular weight excluding hydrogens is 378 g/mol. The second kappa shape index (κ2) is 9.52. The van der Waals surface area contributed by atoms with E-state index in [9.17, 15) is 9.59 Å². The highest BCUT2D eigenvalue weighted by molar-refractivity contribution is 6.30. The summed E-state index contributed by atoms with van der Waals surface area (Å²) in [4.78, 5) is 32.9. The first-order valence-electron chi connectivity index (χ1n) is 9.37. The maximum absolute atomic E-state index is 12.6. The van der Waals surface area contributed by atoms with Crippen molar-refractivity contribution in [1.82, 2.24) is 4.90 Å². The Labute approximate surface area is 169 Å². The van der Waals surface area contributed by atoms with E-state index in [1.807, 2.05) is 36.3 Å². The molecule has 0 radical (unpaired) electrons. The number of H-pyrrole nitrogens is 1. The van der Waals surface area contributed by atoms with Crippen molar-refractivity contribution in [3.63, 3.8) is 0 Å². The number of aromatic amines is 1. The zero-order valence-electron chi connectivity index (χ0n) is 16.0. The Kier molecular flexibility index (Phi) is 6.84. The largest absolute Gasteiger partial charge is 0.330 e. The number of carbonyl (C=O) groups is 2. The van der Waals surface area contributed by atoms with Crippen LogP contribution in [0.4, 0.5) is 11.5 Å². The summed E-state index contributed by atoms with van der Waals surface area (Å²) in [5.41, 5.74) is 0.697. The Morgan fingerprint density at radius 1 is 1.07 bits per heavy atom. The first-order chi connectivity index (χ1) is 13.5. The van der Waals surface area contributed by atoms with Crippen LogP contribution in [0.1, 0.15) is 0 Å². The molecule has 1 saturated heterocycles. The highest BCUT2D eigenvalue weighted by atomic mass is 35.5. The molecule has 1 aliphatic rings. The molecule has 0 aliphatic carbocycles. The number of nitrogens with zero attached hydrogens (tertiary/aromatic N) is 2. The minimum absolute atomic E-state index is 0.0773. The van der Waals surface area contributed by atoms with Crippen LogP contribution in [0.3, 0.4) is 0 Å². The molecular formula is C20H26ClN5O2+2. The predicted octanol–water partition coefficient (Wildman–Crippen LogP) is -0.0439. The average molecular weight is 404 g/mol. The van der Waals surface area contributed by atoms with Crippen molar-refractivity contribution in [1.29, 1.82) is 0 Å². The summed E-state index contributed by atoms with van der Waals surface area (Å²) >= 11 is 5.84. The number of carbonyl (C=O) groups excluding carboxylic acids is 2. The first kappa shape index (κ1) is 20.1. The number of anilines is 2. The SMILES string of the molecule is C[NH+](CC(=O)Nc1ccc(Cl)cc1)CC(=O)N1CCN(c2cccc[nH+]2)CC1. The summed E-state index contributed by atoms with van der Waals surface area (Å²) in [5.74, 6) is 1.02. The quantitative estimate of drug-likeness (QED) is 0.710. The van der Waals surface area contributed by atoms with E-state index in [1.165, 1.54) is 0 Å². The fourth-order valence-electron chi connectivity index (χ4n) is 3.22. The van der Waals surface area contributed by atoms with Gasteiger partial charge in [-0.2, -0.15) is 0 Å². The van der Waals surface area contributed by atoms with Gasteiger partial charge >= 0.3 is 0 Å². The van der Waals surface area contributed by atoms with Gasteiger partial charge < -0.3 is 15.1 Å². The third kappa shape index (κ3) is 5.68. The van der Waals surface area contributed by atoms with Gasteiger partial charge in [-0.15, -0.1) is 0 Å². The summed E-state index contributed by atoms with van der Waals surface area (Å²) in [6, 6.07) is 12.9. The summed E-state index contributed by atoms with van der Waals surface area (Å²) in [6.07, 6.45) is 1.90. The van der Waals surface area contributed by atoms with Crippen LogP contribution in [0, 0.1) is 0 Å². The number of hydrogen-bond donors (Lipinski definition) is 2. The molecule has 3 rings (SSSR count). The van der Waals surface area contributed by atoms with E-state index in [2.05, 4.69) is 15.2 Å². The summed E-state index contributed by atoms with van der Waals surface area (Å²) in [5, 5.41) is 3.45. The Hall–Kier alpha value is -2.64. The molecule has 0 bridgehead atoms. The van der Waals surface area contributed by atoms with Crippen molar-refractivity contribution >= 4 is 34.9 Å². The van der Waals surface area contributed by atoms with Gasteiger partial charge in [0.1, 0.15) is 13.1 Å². The number of aromatic nitrogens is 1. The molecule has 8 heteroatoms. The van der Waals surface area contributed by atoms with Gasteiger partial charge in [0.15, 0.2) is 13.1 Å². The molecule has 1 atom stereocenters. The lowest BCUT2D eigenvalue weighted by Crippen LogP contribution is -3.11. The highest BCUT2D eigenvalue weighted by Gasteiger charge is 2.27. The van der Waals surface area contributed by atoms with E-state index in [4.69, 9.17) is 11.6 Å². The lowest BCUT2D eigenvalue weighted by Gasteiger charge is -2.31. The normalized spacial score (nSPS) is 15.2. The van der Waals surface area contributed by atoms with Gasteiger partial charge in [-0.3, -0.25) is 14.5 Å². The molecule has 2 amide bonds. The second-order valence-electron chi connectivity index (χ2n) is 6.98. The standard InChI is InChI=1S/C20H24ClN5O2/c1-24(14-19(27)23-17-7-5-16(21)6-8-17)15-20(28)26-12-10-25(11-13-26)18-4-2-3-9-22-18/h2-9H,10-15H2,1H3,(H,23,27)/p+2. The molecule has 2 aromatic rings. The van der Waals surface area contributed by atoms with Gasteiger partial charge in [0.25, 0.3) is 17.6 Å². The molecule has 7 nitrogen and oxygen atoms in total. The number of halogens is 1. The number of quaternary nitrogens is 1. The van der Waals surface area contributed by atoms with Crippen LogP contribution in [0.15, 0.2) is 48.7 Å². The van der Waals surface area contributed by atoms with Crippen LogP contribution >= 0.6 is 11.6 Å². The fourth-order valence-corrected chi connectivity index (χ4v) is 3.35. The van der Waals surface area contributed by atoms with Crippen LogP contribution in [0.25, 0.3) is 0 Å². The average Bonchev–Trinajstić information content (AvgIpc) is 2.70. The number of hydrogen-bond acceptors (Lipinski definition) is 3. The van der Waals surface area contributed by atoms with Crippen LogP contribution in [-0.4, -0.2) is 63.0 Å². The van der Waals surface area contributed by atoms with Crippen LogP contribution in [0.2, 0.25) is 5.02 Å². The lowest BCUT2D eigenvalue weighted by atomic mass is 10.3. The molecule has 2 heterocycles. The number of pyridine rings is 1. The summed E-state index contributed by atoms with van der Waals surface area (Å²) < 4.78 is 0. The number of piperazine rings is 1. The minimum atomic E-state index is -0.128. The number of benzene rings is 1. The van der Waals surface area contributed by atoms with Gasteiger partial charge in [-0.25, -0.2) is 4.98 Å². The van der Waals surface area contributed by atoms with Crippen LogP contribution < -0.4 is 20.1 Å². The van der Waals surface area contributed by atoms with Crippen molar-refractivity contribution < 1.29 is 19.5 Å². The molecule has 1 aromatic heterocycles. The van der Waals surface area contributed by atoms with Crippen molar-refractivity contribution in [2.45, 2.75) is 0 Å². The molecule has 1 fully saturated rings.